The molecule has 342 valence electrons. The van der Waals surface area contributed by atoms with Gasteiger partial charge in [-0.1, -0.05) is 57.2 Å². The standard InChI is InChI=1S/C45H50F3N5O10S/c1-9-27-24-44(27,40(56)52-64(58,59)31-18-15-28(16-19-31)62-45(46,47)48)51-38(54)35-22-30(25-53(35)39(55)37(42(2,3)4)50-41(57)63-43(5,6)7)61-36-23-33(26-13-11-10-12-14-26)49-34-21-29(60-8)17-20-32(34)36/h9-21,23,27,30,35,37H,1,22,24-25H2,2-8H3,(H,50,57)(H,51,54)(H,52,56)/t27?,30-,35+,37-,44-/m1/s1. The van der Waals surface area contributed by atoms with Crippen molar-refractivity contribution in [3.8, 4) is 28.5 Å². The largest absolute Gasteiger partial charge is 0.573 e. The third kappa shape index (κ3) is 10.9. The predicted octanol–water partition coefficient (Wildman–Crippen LogP) is 6.66. The highest BCUT2D eigenvalue weighted by Crippen LogP contribution is 2.45. The SMILES string of the molecule is C=CC1C[C@]1(NC(=O)[C@@H]1C[C@@H](Oc2cc(-c3ccccc3)nc3cc(OC)ccc23)CN1C(=O)[C@@H](NC(=O)OC(C)(C)C)C(C)(C)C)C(=O)NS(=O)(=O)c1ccc(OC(F)(F)F)cc1. The van der Waals surface area contributed by atoms with Crippen molar-refractivity contribution < 1.29 is 59.7 Å². The molecule has 4 amide bonds. The van der Waals surface area contributed by atoms with Crippen LogP contribution in [0.4, 0.5) is 18.0 Å². The van der Waals surface area contributed by atoms with Crippen molar-refractivity contribution in [3.05, 3.63) is 91.5 Å². The number of carbonyl (C=O) groups is 4. The molecular formula is C45H50F3N5O10S. The summed E-state index contributed by atoms with van der Waals surface area (Å²) >= 11 is 0. The van der Waals surface area contributed by atoms with E-state index in [9.17, 15) is 40.8 Å². The average molecular weight is 910 g/mol. The molecule has 0 bridgehead atoms. The molecule has 1 saturated carbocycles. The molecule has 2 heterocycles. The van der Waals surface area contributed by atoms with Gasteiger partial charge in [-0.25, -0.2) is 22.9 Å². The van der Waals surface area contributed by atoms with Crippen molar-refractivity contribution in [2.75, 3.05) is 13.7 Å². The van der Waals surface area contributed by atoms with Crippen LogP contribution in [-0.4, -0.2) is 91.5 Å². The number of carbonyl (C=O) groups excluding carboxylic acids is 4. The Labute approximate surface area is 368 Å². The Morgan fingerprint density at radius 2 is 1.59 bits per heavy atom. The number of nitrogens with one attached hydrogen (secondary N) is 3. The van der Waals surface area contributed by atoms with Gasteiger partial charge in [-0.05, 0) is 69.0 Å². The minimum absolute atomic E-state index is 0.0674. The molecule has 19 heteroatoms. The number of amides is 4. The number of alkyl halides is 3. The zero-order valence-electron chi connectivity index (χ0n) is 36.2. The first-order chi connectivity index (χ1) is 29.8. The van der Waals surface area contributed by atoms with Gasteiger partial charge >= 0.3 is 12.5 Å². The first-order valence-electron chi connectivity index (χ1n) is 20.2. The number of pyridine rings is 1. The van der Waals surface area contributed by atoms with E-state index in [0.717, 1.165) is 29.8 Å². The lowest BCUT2D eigenvalue weighted by Crippen LogP contribution is -2.60. The lowest BCUT2D eigenvalue weighted by molar-refractivity contribution is -0.274. The Balaban J connectivity index is 1.33. The van der Waals surface area contributed by atoms with E-state index in [2.05, 4.69) is 21.9 Å². The van der Waals surface area contributed by atoms with Gasteiger partial charge in [-0.2, -0.15) is 0 Å². The minimum atomic E-state index is -5.02. The fourth-order valence-corrected chi connectivity index (χ4v) is 8.42. The molecule has 3 aromatic carbocycles. The number of nitrogens with zero attached hydrogens (tertiary/aromatic N) is 2. The van der Waals surface area contributed by atoms with Gasteiger partial charge in [0.25, 0.3) is 15.9 Å². The molecule has 3 N–H and O–H groups in total. The topological polar surface area (TPSA) is 192 Å². The molecule has 2 aliphatic rings. The summed E-state index contributed by atoms with van der Waals surface area (Å²) in [6, 6.07) is 17.0. The van der Waals surface area contributed by atoms with Crippen LogP contribution >= 0.6 is 0 Å². The van der Waals surface area contributed by atoms with Gasteiger partial charge in [0.2, 0.25) is 11.8 Å². The summed E-state index contributed by atoms with van der Waals surface area (Å²) in [5.74, 6) is -3.13. The summed E-state index contributed by atoms with van der Waals surface area (Å²) in [6.45, 7) is 13.8. The number of halogens is 3. The molecule has 0 spiro atoms. The monoisotopic (exact) mass is 909 g/mol. The molecule has 4 aromatic rings. The van der Waals surface area contributed by atoms with E-state index >= 15 is 0 Å². The van der Waals surface area contributed by atoms with Crippen LogP contribution in [0.2, 0.25) is 0 Å². The van der Waals surface area contributed by atoms with Gasteiger partial charge in [-0.15, -0.1) is 19.8 Å². The van der Waals surface area contributed by atoms with Crippen molar-refractivity contribution in [1.82, 2.24) is 25.2 Å². The number of hydrogen-bond acceptors (Lipinski definition) is 11. The van der Waals surface area contributed by atoms with Gasteiger partial charge in [0.05, 0.1) is 29.8 Å². The van der Waals surface area contributed by atoms with Gasteiger partial charge in [-0.3, -0.25) is 14.4 Å². The number of methoxy groups -OCH3 is 1. The minimum Gasteiger partial charge on any atom is -0.497 e. The van der Waals surface area contributed by atoms with Crippen LogP contribution in [0, 0.1) is 11.3 Å². The van der Waals surface area contributed by atoms with E-state index in [0.29, 0.717) is 28.1 Å². The fraction of sp³-hybridized carbons (Fsp3) is 0.400. The molecular weight excluding hydrogens is 860 g/mol. The van der Waals surface area contributed by atoms with E-state index in [1.54, 1.807) is 65.8 Å². The summed E-state index contributed by atoms with van der Waals surface area (Å²) < 4.78 is 88.2. The molecule has 1 aliphatic heterocycles. The van der Waals surface area contributed by atoms with E-state index in [4.69, 9.17) is 19.2 Å². The van der Waals surface area contributed by atoms with Crippen molar-refractivity contribution in [2.45, 2.75) is 95.0 Å². The van der Waals surface area contributed by atoms with E-state index in [1.807, 2.05) is 35.1 Å². The highest BCUT2D eigenvalue weighted by Gasteiger charge is 2.61. The normalized spacial score (nSPS) is 20.4. The van der Waals surface area contributed by atoms with Crippen LogP contribution in [0.3, 0.4) is 0 Å². The van der Waals surface area contributed by atoms with Crippen LogP contribution in [0.15, 0.2) is 96.4 Å². The number of benzene rings is 3. The first-order valence-corrected chi connectivity index (χ1v) is 21.7. The van der Waals surface area contributed by atoms with Gasteiger partial charge in [0, 0.05) is 35.4 Å². The van der Waals surface area contributed by atoms with Crippen LogP contribution in [0.25, 0.3) is 22.2 Å². The number of sulfonamides is 1. The summed E-state index contributed by atoms with van der Waals surface area (Å²) in [6.07, 6.45) is -5.54. The Bertz CT molecular complexity index is 2540. The van der Waals surface area contributed by atoms with Gasteiger partial charge < -0.3 is 34.5 Å². The number of rotatable bonds is 13. The second-order valence-corrected chi connectivity index (χ2v) is 19.3. The molecule has 64 heavy (non-hydrogen) atoms. The molecule has 15 nitrogen and oxygen atoms in total. The molecule has 1 saturated heterocycles. The number of aromatic nitrogens is 1. The second kappa shape index (κ2) is 17.7. The number of likely N-dealkylation sites (tertiary alicyclic amines) is 1. The molecule has 2 fully saturated rings. The van der Waals surface area contributed by atoms with Gasteiger partial charge in [0.1, 0.15) is 46.6 Å². The molecule has 1 unspecified atom stereocenters. The Kier molecular flexibility index (Phi) is 13.0. The maximum absolute atomic E-state index is 14.8. The summed E-state index contributed by atoms with van der Waals surface area (Å²) in [4.78, 5) is 61.9. The van der Waals surface area contributed by atoms with E-state index < -0.39 is 91.5 Å². The lowest BCUT2D eigenvalue weighted by Gasteiger charge is -2.36. The van der Waals surface area contributed by atoms with E-state index in [1.165, 1.54) is 18.1 Å². The van der Waals surface area contributed by atoms with Crippen molar-refractivity contribution in [1.29, 1.82) is 0 Å². The Morgan fingerprint density at radius 3 is 2.17 bits per heavy atom. The van der Waals surface area contributed by atoms with Crippen LogP contribution in [-0.2, 0) is 29.1 Å². The van der Waals surface area contributed by atoms with E-state index in [-0.39, 0.29) is 19.4 Å². The first kappa shape index (κ1) is 47.1. The zero-order chi connectivity index (χ0) is 47.0. The molecule has 5 atom stereocenters. The van der Waals surface area contributed by atoms with Gasteiger partial charge in [0.15, 0.2) is 0 Å². The third-order valence-electron chi connectivity index (χ3n) is 10.6. The summed E-state index contributed by atoms with van der Waals surface area (Å²) in [5, 5.41) is 5.97. The quantitative estimate of drug-likeness (QED) is 0.122. The maximum atomic E-state index is 14.8. The summed E-state index contributed by atoms with van der Waals surface area (Å²) in [5.41, 5.74) is -1.76. The van der Waals surface area contributed by atoms with Crippen molar-refractivity contribution in [3.63, 3.8) is 0 Å². The van der Waals surface area contributed by atoms with Crippen LogP contribution in [0.1, 0.15) is 54.4 Å². The number of hydrogen-bond donors (Lipinski definition) is 3. The van der Waals surface area contributed by atoms with Crippen molar-refractivity contribution >= 4 is 44.7 Å². The molecule has 1 aromatic heterocycles. The second-order valence-electron chi connectivity index (χ2n) is 17.6. The number of ether oxygens (including phenoxy) is 4. The lowest BCUT2D eigenvalue weighted by atomic mass is 9.85. The molecule has 1 aliphatic carbocycles. The highest BCUT2D eigenvalue weighted by atomic mass is 32.2. The Morgan fingerprint density at radius 1 is 0.938 bits per heavy atom. The third-order valence-corrected chi connectivity index (χ3v) is 12.0. The summed E-state index contributed by atoms with van der Waals surface area (Å²) in [7, 11) is -3.16. The maximum Gasteiger partial charge on any atom is 0.573 e. The average Bonchev–Trinajstić information content (AvgIpc) is 3.76. The number of alkyl carbamates (subject to hydrolysis) is 1. The van der Waals surface area contributed by atoms with Crippen LogP contribution in [0.5, 0.6) is 17.2 Å². The predicted molar refractivity (Wildman–Crippen MR) is 229 cm³/mol. The molecule has 6 rings (SSSR count). The van der Waals surface area contributed by atoms with Crippen molar-refractivity contribution in [2.24, 2.45) is 11.3 Å². The smallest absolute Gasteiger partial charge is 0.497 e. The Hall–Kier alpha value is -6.37. The highest BCUT2D eigenvalue weighted by molar-refractivity contribution is 7.90. The zero-order valence-corrected chi connectivity index (χ0v) is 37.1. The fourth-order valence-electron chi connectivity index (χ4n) is 7.38. The van der Waals surface area contributed by atoms with Crippen LogP contribution < -0.4 is 29.6 Å². The molecule has 0 radical (unpaired) electrons. The number of fused-ring (bicyclic) bond motifs is 1.